The van der Waals surface area contributed by atoms with Crippen molar-refractivity contribution in [2.24, 2.45) is 0 Å². The number of nitrogens with two attached hydrogens (primary N) is 2. The SMILES string of the molecule is Nc1cc(N)c(Nc2ccc(F)c(Cl)c2)c(F)c1Cl. The zero-order valence-corrected chi connectivity index (χ0v) is 11.0. The molecule has 0 amide bonds. The Labute approximate surface area is 118 Å². The van der Waals surface area contributed by atoms with E-state index in [1.807, 2.05) is 0 Å². The maximum absolute atomic E-state index is 13.9. The van der Waals surface area contributed by atoms with Crippen molar-refractivity contribution >= 4 is 46.0 Å². The molecule has 0 saturated carbocycles. The number of halogens is 4. The summed E-state index contributed by atoms with van der Waals surface area (Å²) in [6, 6.07) is 5.18. The second kappa shape index (κ2) is 5.11. The monoisotopic (exact) mass is 303 g/mol. The lowest BCUT2D eigenvalue weighted by molar-refractivity contribution is 0.628. The molecule has 0 aromatic heterocycles. The van der Waals surface area contributed by atoms with Crippen molar-refractivity contribution in [3.05, 3.63) is 45.9 Å². The topological polar surface area (TPSA) is 64.1 Å². The van der Waals surface area contributed by atoms with Gasteiger partial charge in [0, 0.05) is 5.69 Å². The van der Waals surface area contributed by atoms with Crippen LogP contribution in [0.3, 0.4) is 0 Å². The molecular weight excluding hydrogens is 295 g/mol. The predicted octanol–water partition coefficient (Wildman–Crippen LogP) is 4.18. The molecule has 2 aromatic carbocycles. The molecule has 0 atom stereocenters. The maximum atomic E-state index is 13.9. The van der Waals surface area contributed by atoms with Crippen LogP contribution in [0.1, 0.15) is 0 Å². The van der Waals surface area contributed by atoms with E-state index >= 15 is 0 Å². The van der Waals surface area contributed by atoms with Crippen LogP contribution in [0.5, 0.6) is 0 Å². The molecule has 2 rings (SSSR count). The van der Waals surface area contributed by atoms with E-state index in [1.165, 1.54) is 18.2 Å². The van der Waals surface area contributed by atoms with Crippen molar-refractivity contribution in [2.45, 2.75) is 0 Å². The van der Waals surface area contributed by atoms with Gasteiger partial charge in [0.05, 0.1) is 22.1 Å². The molecule has 0 aliphatic rings. The van der Waals surface area contributed by atoms with Crippen molar-refractivity contribution in [1.82, 2.24) is 0 Å². The second-order valence-corrected chi connectivity index (χ2v) is 4.60. The zero-order chi connectivity index (χ0) is 14.2. The van der Waals surface area contributed by atoms with Crippen LogP contribution < -0.4 is 16.8 Å². The molecule has 0 heterocycles. The molecule has 0 saturated heterocycles. The average Bonchev–Trinajstić information content (AvgIpc) is 2.36. The fraction of sp³-hybridized carbons (Fsp3) is 0. The largest absolute Gasteiger partial charge is 0.397 e. The van der Waals surface area contributed by atoms with Gasteiger partial charge in [-0.15, -0.1) is 0 Å². The summed E-state index contributed by atoms with van der Waals surface area (Å²) >= 11 is 11.3. The number of hydrogen-bond acceptors (Lipinski definition) is 3. The van der Waals surface area contributed by atoms with Crippen LogP contribution in [0, 0.1) is 11.6 Å². The van der Waals surface area contributed by atoms with Crippen molar-refractivity contribution < 1.29 is 8.78 Å². The fourth-order valence-corrected chi connectivity index (χ4v) is 1.84. The molecule has 0 fully saturated rings. The Morgan fingerprint density at radius 2 is 1.68 bits per heavy atom. The molecule has 0 unspecified atom stereocenters. The van der Waals surface area contributed by atoms with Crippen molar-refractivity contribution in [2.75, 3.05) is 16.8 Å². The van der Waals surface area contributed by atoms with Crippen molar-refractivity contribution in [3.63, 3.8) is 0 Å². The van der Waals surface area contributed by atoms with E-state index < -0.39 is 11.6 Å². The number of benzene rings is 2. The van der Waals surface area contributed by atoms with Crippen LogP contribution in [-0.2, 0) is 0 Å². The van der Waals surface area contributed by atoms with Crippen molar-refractivity contribution in [1.29, 1.82) is 0 Å². The smallest absolute Gasteiger partial charge is 0.169 e. The van der Waals surface area contributed by atoms with Gasteiger partial charge in [-0.25, -0.2) is 8.78 Å². The molecule has 100 valence electrons. The summed E-state index contributed by atoms with van der Waals surface area (Å²) in [6.45, 7) is 0. The van der Waals surface area contributed by atoms with Gasteiger partial charge in [0.1, 0.15) is 10.8 Å². The van der Waals surface area contributed by atoms with E-state index in [2.05, 4.69) is 5.32 Å². The standard InChI is InChI=1S/C12H9Cl2F2N3/c13-6-3-5(1-2-7(6)15)19-12-9(18)4-8(17)10(14)11(12)16/h1-4,19H,17-18H2. The molecular formula is C12H9Cl2F2N3. The normalized spacial score (nSPS) is 10.5. The molecule has 0 aliphatic heterocycles. The lowest BCUT2D eigenvalue weighted by Crippen LogP contribution is -2.02. The third-order valence-corrected chi connectivity index (χ3v) is 3.13. The predicted molar refractivity (Wildman–Crippen MR) is 74.9 cm³/mol. The molecule has 0 radical (unpaired) electrons. The summed E-state index contributed by atoms with van der Waals surface area (Å²) in [4.78, 5) is 0. The summed E-state index contributed by atoms with van der Waals surface area (Å²) in [5.74, 6) is -1.35. The third kappa shape index (κ3) is 2.67. The van der Waals surface area contributed by atoms with Crippen LogP contribution in [-0.4, -0.2) is 0 Å². The first-order valence-electron chi connectivity index (χ1n) is 5.15. The summed E-state index contributed by atoms with van der Waals surface area (Å²) < 4.78 is 26.9. The Kier molecular flexibility index (Phi) is 3.68. The minimum Gasteiger partial charge on any atom is -0.397 e. The molecule has 2 aromatic rings. The Morgan fingerprint density at radius 3 is 2.32 bits per heavy atom. The maximum Gasteiger partial charge on any atom is 0.169 e. The number of rotatable bonds is 2. The van der Waals surface area contributed by atoms with Crippen molar-refractivity contribution in [3.8, 4) is 0 Å². The molecule has 0 aliphatic carbocycles. The summed E-state index contributed by atoms with van der Waals surface area (Å²) in [5.41, 5.74) is 11.6. The minimum atomic E-state index is -0.778. The average molecular weight is 304 g/mol. The zero-order valence-electron chi connectivity index (χ0n) is 9.48. The van der Waals surface area contributed by atoms with Gasteiger partial charge >= 0.3 is 0 Å². The first-order valence-corrected chi connectivity index (χ1v) is 5.90. The highest BCUT2D eigenvalue weighted by Gasteiger charge is 2.14. The van der Waals surface area contributed by atoms with Gasteiger partial charge in [0.25, 0.3) is 0 Å². The first kappa shape index (κ1) is 13.7. The van der Waals surface area contributed by atoms with E-state index in [-0.39, 0.29) is 27.1 Å². The number of nitrogens with one attached hydrogen (secondary N) is 1. The minimum absolute atomic E-state index is 0.0399. The molecule has 0 spiro atoms. The van der Waals surface area contributed by atoms with E-state index in [4.69, 9.17) is 34.7 Å². The summed E-state index contributed by atoms with van der Waals surface area (Å²) in [7, 11) is 0. The van der Waals surface area contributed by atoms with Gasteiger partial charge < -0.3 is 16.8 Å². The van der Waals surface area contributed by atoms with E-state index in [1.54, 1.807) is 0 Å². The molecule has 3 nitrogen and oxygen atoms in total. The van der Waals surface area contributed by atoms with Gasteiger partial charge in [0.15, 0.2) is 5.82 Å². The molecule has 0 bridgehead atoms. The molecule has 5 N–H and O–H groups in total. The lowest BCUT2D eigenvalue weighted by Gasteiger charge is -2.13. The van der Waals surface area contributed by atoms with E-state index in [0.29, 0.717) is 5.69 Å². The van der Waals surface area contributed by atoms with Gasteiger partial charge in [0.2, 0.25) is 0 Å². The Bertz CT molecular complexity index is 647. The Balaban J connectivity index is 2.43. The van der Waals surface area contributed by atoms with Gasteiger partial charge in [-0.1, -0.05) is 23.2 Å². The lowest BCUT2D eigenvalue weighted by atomic mass is 10.2. The van der Waals surface area contributed by atoms with E-state index in [0.717, 1.165) is 6.07 Å². The highest BCUT2D eigenvalue weighted by molar-refractivity contribution is 6.33. The number of hydrogen-bond donors (Lipinski definition) is 3. The van der Waals surface area contributed by atoms with E-state index in [9.17, 15) is 8.78 Å². The molecule has 7 heteroatoms. The third-order valence-electron chi connectivity index (χ3n) is 2.45. The van der Waals surface area contributed by atoms with Crippen LogP contribution in [0.2, 0.25) is 10.0 Å². The Morgan fingerprint density at radius 1 is 1.00 bits per heavy atom. The van der Waals surface area contributed by atoms with Crippen LogP contribution >= 0.6 is 23.2 Å². The van der Waals surface area contributed by atoms with Crippen LogP contribution in [0.15, 0.2) is 24.3 Å². The van der Waals surface area contributed by atoms with Gasteiger partial charge in [-0.2, -0.15) is 0 Å². The summed E-state index contributed by atoms with van der Waals surface area (Å²) in [5, 5.41) is 2.36. The summed E-state index contributed by atoms with van der Waals surface area (Å²) in [6.07, 6.45) is 0. The number of nitrogen functional groups attached to an aromatic ring is 2. The highest BCUT2D eigenvalue weighted by atomic mass is 35.5. The quantitative estimate of drug-likeness (QED) is 0.729. The fourth-order valence-electron chi connectivity index (χ4n) is 1.51. The Hall–Kier alpha value is -1.72. The van der Waals surface area contributed by atoms with Crippen LogP contribution in [0.25, 0.3) is 0 Å². The van der Waals surface area contributed by atoms with Gasteiger partial charge in [-0.05, 0) is 24.3 Å². The number of anilines is 4. The second-order valence-electron chi connectivity index (χ2n) is 3.81. The molecule has 19 heavy (non-hydrogen) atoms. The first-order chi connectivity index (χ1) is 8.90. The van der Waals surface area contributed by atoms with Crippen LogP contribution in [0.4, 0.5) is 31.5 Å². The highest BCUT2D eigenvalue weighted by Crippen LogP contribution is 2.35. The van der Waals surface area contributed by atoms with Gasteiger partial charge in [-0.3, -0.25) is 0 Å².